The maximum Gasteiger partial charge on any atom is 0.352 e. The standard InChI is InChI=1S/C25H22BrNO5/c1-16-7-6-8-17(11-16)15-32-23-20(26)12-18(14-22(23)31-2)13-21(25(29)30)27-24(28)19-9-4-3-5-10-19/h3-14H,15H2,1-2H3,(H,27,28)(H,29,30)/b21-13+. The highest BCUT2D eigenvalue weighted by atomic mass is 79.9. The molecule has 164 valence electrons. The van der Waals surface area contributed by atoms with Gasteiger partial charge in [0.2, 0.25) is 0 Å². The van der Waals surface area contributed by atoms with Gasteiger partial charge in [-0.25, -0.2) is 4.79 Å². The Labute approximate surface area is 194 Å². The van der Waals surface area contributed by atoms with Crippen LogP contribution in [0.2, 0.25) is 0 Å². The first kappa shape index (κ1) is 23.1. The van der Waals surface area contributed by atoms with Crippen molar-refractivity contribution in [3.63, 3.8) is 0 Å². The SMILES string of the molecule is COc1cc(/C=C(/NC(=O)c2ccccc2)C(=O)O)cc(Br)c1OCc1cccc(C)c1. The fraction of sp³-hybridized carbons (Fsp3) is 0.120. The van der Waals surface area contributed by atoms with Crippen molar-refractivity contribution in [3.8, 4) is 11.5 Å². The number of aryl methyl sites for hydroxylation is 1. The van der Waals surface area contributed by atoms with Crippen LogP contribution in [0.5, 0.6) is 11.5 Å². The molecule has 0 saturated carbocycles. The quantitative estimate of drug-likeness (QED) is 0.419. The average molecular weight is 496 g/mol. The monoisotopic (exact) mass is 495 g/mol. The molecule has 0 atom stereocenters. The van der Waals surface area contributed by atoms with Crippen molar-refractivity contribution in [1.29, 1.82) is 0 Å². The summed E-state index contributed by atoms with van der Waals surface area (Å²) in [5.41, 5.74) is 2.76. The summed E-state index contributed by atoms with van der Waals surface area (Å²) in [5, 5.41) is 12.0. The molecule has 1 amide bonds. The number of carbonyl (C=O) groups is 2. The molecule has 0 bridgehead atoms. The Morgan fingerprint density at radius 1 is 1.06 bits per heavy atom. The van der Waals surface area contributed by atoms with E-state index in [4.69, 9.17) is 9.47 Å². The number of aliphatic carboxylic acids is 1. The van der Waals surface area contributed by atoms with Crippen LogP contribution in [0, 0.1) is 6.92 Å². The number of halogens is 1. The Kier molecular flexibility index (Phi) is 7.68. The lowest BCUT2D eigenvalue weighted by molar-refractivity contribution is -0.132. The normalized spacial score (nSPS) is 11.0. The Morgan fingerprint density at radius 2 is 1.81 bits per heavy atom. The van der Waals surface area contributed by atoms with Gasteiger partial charge >= 0.3 is 5.97 Å². The van der Waals surface area contributed by atoms with Crippen LogP contribution in [0.3, 0.4) is 0 Å². The molecule has 3 rings (SSSR count). The number of nitrogens with one attached hydrogen (secondary N) is 1. The Morgan fingerprint density at radius 3 is 2.47 bits per heavy atom. The maximum absolute atomic E-state index is 12.4. The second-order valence-electron chi connectivity index (χ2n) is 7.00. The number of ether oxygens (including phenoxy) is 2. The number of amides is 1. The van der Waals surface area contributed by atoms with Crippen LogP contribution in [0.1, 0.15) is 27.0 Å². The molecule has 3 aromatic carbocycles. The molecular formula is C25H22BrNO5. The number of carboxylic acids is 1. The van der Waals surface area contributed by atoms with E-state index in [9.17, 15) is 14.7 Å². The van der Waals surface area contributed by atoms with Gasteiger partial charge in [0.15, 0.2) is 11.5 Å². The van der Waals surface area contributed by atoms with Crippen molar-refractivity contribution in [3.05, 3.63) is 99.2 Å². The predicted octanol–water partition coefficient (Wildman–Crippen LogP) is 5.20. The number of rotatable bonds is 8. The van der Waals surface area contributed by atoms with Crippen molar-refractivity contribution in [2.45, 2.75) is 13.5 Å². The number of hydrogen-bond acceptors (Lipinski definition) is 4. The lowest BCUT2D eigenvalue weighted by Gasteiger charge is -2.14. The van der Waals surface area contributed by atoms with Crippen LogP contribution in [0.4, 0.5) is 0 Å². The number of benzene rings is 3. The molecule has 7 heteroatoms. The molecular weight excluding hydrogens is 474 g/mol. The van der Waals surface area contributed by atoms with Crippen molar-refractivity contribution >= 4 is 33.9 Å². The van der Waals surface area contributed by atoms with Gasteiger partial charge in [-0.1, -0.05) is 48.0 Å². The summed E-state index contributed by atoms with van der Waals surface area (Å²) in [6.07, 6.45) is 1.36. The van der Waals surface area contributed by atoms with Gasteiger partial charge in [-0.05, 0) is 64.3 Å². The smallest absolute Gasteiger partial charge is 0.352 e. The molecule has 32 heavy (non-hydrogen) atoms. The van der Waals surface area contributed by atoms with E-state index < -0.39 is 11.9 Å². The molecule has 0 fully saturated rings. The summed E-state index contributed by atoms with van der Waals surface area (Å²) >= 11 is 3.47. The van der Waals surface area contributed by atoms with Gasteiger partial charge in [-0.15, -0.1) is 0 Å². The lowest BCUT2D eigenvalue weighted by Crippen LogP contribution is -2.27. The highest BCUT2D eigenvalue weighted by Crippen LogP contribution is 2.37. The second-order valence-corrected chi connectivity index (χ2v) is 7.85. The Balaban J connectivity index is 1.84. The zero-order valence-electron chi connectivity index (χ0n) is 17.6. The van der Waals surface area contributed by atoms with Gasteiger partial charge in [0.1, 0.15) is 12.3 Å². The fourth-order valence-electron chi connectivity index (χ4n) is 3.02. The molecule has 0 aromatic heterocycles. The number of carboxylic acid groups (broad SMARTS) is 1. The Hall–Kier alpha value is -3.58. The highest BCUT2D eigenvalue weighted by Gasteiger charge is 2.16. The van der Waals surface area contributed by atoms with Gasteiger partial charge in [0.05, 0.1) is 11.6 Å². The van der Waals surface area contributed by atoms with Gasteiger partial charge in [0, 0.05) is 5.56 Å². The van der Waals surface area contributed by atoms with E-state index in [0.717, 1.165) is 11.1 Å². The topological polar surface area (TPSA) is 84.9 Å². The van der Waals surface area contributed by atoms with Crippen LogP contribution in [-0.4, -0.2) is 24.1 Å². The predicted molar refractivity (Wildman–Crippen MR) is 126 cm³/mol. The second kappa shape index (κ2) is 10.6. The van der Waals surface area contributed by atoms with Crippen LogP contribution in [-0.2, 0) is 11.4 Å². The van der Waals surface area contributed by atoms with E-state index in [2.05, 4.69) is 21.2 Å². The minimum Gasteiger partial charge on any atom is -0.493 e. The molecule has 3 aromatic rings. The van der Waals surface area contributed by atoms with E-state index in [1.807, 2.05) is 31.2 Å². The number of hydrogen-bond donors (Lipinski definition) is 2. The summed E-state index contributed by atoms with van der Waals surface area (Å²) in [7, 11) is 1.50. The third-order valence-electron chi connectivity index (χ3n) is 4.54. The van der Waals surface area contributed by atoms with Gasteiger partial charge in [-0.3, -0.25) is 4.79 Å². The van der Waals surface area contributed by atoms with Crippen molar-refractivity contribution < 1.29 is 24.2 Å². The molecule has 0 aliphatic heterocycles. The molecule has 0 radical (unpaired) electrons. The van der Waals surface area contributed by atoms with E-state index in [-0.39, 0.29) is 5.70 Å². The van der Waals surface area contributed by atoms with E-state index in [1.54, 1.807) is 42.5 Å². The minimum absolute atomic E-state index is 0.263. The van der Waals surface area contributed by atoms with Crippen molar-refractivity contribution in [2.24, 2.45) is 0 Å². The van der Waals surface area contributed by atoms with Crippen LogP contribution < -0.4 is 14.8 Å². The summed E-state index contributed by atoms with van der Waals surface area (Å²) in [6, 6.07) is 19.7. The molecule has 0 saturated heterocycles. The largest absolute Gasteiger partial charge is 0.493 e. The van der Waals surface area contributed by atoms with Gasteiger partial charge in [-0.2, -0.15) is 0 Å². The first-order valence-electron chi connectivity index (χ1n) is 9.74. The summed E-state index contributed by atoms with van der Waals surface area (Å²) in [6.45, 7) is 2.36. The van der Waals surface area contributed by atoms with Crippen LogP contribution in [0.15, 0.2) is 76.9 Å². The summed E-state index contributed by atoms with van der Waals surface area (Å²) in [4.78, 5) is 24.1. The van der Waals surface area contributed by atoms with Gasteiger partial charge < -0.3 is 19.9 Å². The zero-order valence-corrected chi connectivity index (χ0v) is 19.2. The third kappa shape index (κ3) is 5.98. The molecule has 0 heterocycles. The third-order valence-corrected chi connectivity index (χ3v) is 5.13. The summed E-state index contributed by atoms with van der Waals surface area (Å²) in [5.74, 6) is -0.846. The van der Waals surface area contributed by atoms with Crippen LogP contribution >= 0.6 is 15.9 Å². The van der Waals surface area contributed by atoms with Crippen molar-refractivity contribution in [1.82, 2.24) is 5.32 Å². The molecule has 0 spiro atoms. The fourth-order valence-corrected chi connectivity index (χ4v) is 3.60. The molecule has 0 aliphatic rings. The molecule has 0 aliphatic carbocycles. The van der Waals surface area contributed by atoms with Crippen molar-refractivity contribution in [2.75, 3.05) is 7.11 Å². The summed E-state index contributed by atoms with van der Waals surface area (Å²) < 4.78 is 12.0. The van der Waals surface area contributed by atoms with E-state index >= 15 is 0 Å². The molecule has 0 unspecified atom stereocenters. The lowest BCUT2D eigenvalue weighted by atomic mass is 10.1. The molecule has 6 nitrogen and oxygen atoms in total. The zero-order chi connectivity index (χ0) is 23.1. The first-order chi connectivity index (χ1) is 15.4. The number of carbonyl (C=O) groups excluding carboxylic acids is 1. The average Bonchev–Trinajstić information content (AvgIpc) is 2.78. The van der Waals surface area contributed by atoms with Crippen LogP contribution in [0.25, 0.3) is 6.08 Å². The number of methoxy groups -OCH3 is 1. The van der Waals surface area contributed by atoms with E-state index in [0.29, 0.717) is 33.7 Å². The Bertz CT molecular complexity index is 1160. The molecule has 2 N–H and O–H groups in total. The maximum atomic E-state index is 12.4. The first-order valence-corrected chi connectivity index (χ1v) is 10.5. The van der Waals surface area contributed by atoms with Gasteiger partial charge in [0.25, 0.3) is 5.91 Å². The van der Waals surface area contributed by atoms with E-state index in [1.165, 1.54) is 13.2 Å². The highest BCUT2D eigenvalue weighted by molar-refractivity contribution is 9.10. The minimum atomic E-state index is -1.26.